The third-order valence-corrected chi connectivity index (χ3v) is 6.52. The van der Waals surface area contributed by atoms with Gasteiger partial charge in [0, 0.05) is 5.56 Å². The van der Waals surface area contributed by atoms with E-state index >= 15 is 0 Å². The van der Waals surface area contributed by atoms with Crippen LogP contribution in [0.4, 0.5) is 0 Å². The lowest BCUT2D eigenvalue weighted by Gasteiger charge is -2.27. The van der Waals surface area contributed by atoms with E-state index in [4.69, 9.17) is 9.47 Å². The number of benzene rings is 1. The van der Waals surface area contributed by atoms with Gasteiger partial charge in [0.2, 0.25) is 0 Å². The number of rotatable bonds is 4. The Morgan fingerprint density at radius 3 is 1.95 bits per heavy atom. The number of hydrogen-bond acceptors (Lipinski definition) is 2. The van der Waals surface area contributed by atoms with Crippen LogP contribution < -0.4 is 5.30 Å². The monoisotopic (exact) mass is 280 g/mol. The first-order valence-corrected chi connectivity index (χ1v) is 8.69. The number of hydrogen-bond donors (Lipinski definition) is 0. The maximum Gasteiger partial charge on any atom is 0.183 e. The highest BCUT2D eigenvalue weighted by Crippen LogP contribution is 2.44. The fraction of sp³-hybridized carbons (Fsp3) is 0.625. The normalized spacial score (nSPS) is 17.6. The van der Waals surface area contributed by atoms with Gasteiger partial charge in [-0.2, -0.15) is 0 Å². The lowest BCUT2D eigenvalue weighted by molar-refractivity contribution is -0.183. The molecule has 1 fully saturated rings. The van der Waals surface area contributed by atoms with E-state index in [1.54, 1.807) is 0 Å². The van der Waals surface area contributed by atoms with E-state index in [9.17, 15) is 0 Å². The summed E-state index contributed by atoms with van der Waals surface area (Å²) in [5.74, 6) is 0. The molecule has 0 radical (unpaired) electrons. The molecule has 0 aliphatic carbocycles. The van der Waals surface area contributed by atoms with E-state index in [2.05, 4.69) is 52.0 Å². The van der Waals surface area contributed by atoms with Gasteiger partial charge in [-0.1, -0.05) is 59.9 Å². The molecule has 0 aromatic heterocycles. The van der Waals surface area contributed by atoms with Gasteiger partial charge in [0.15, 0.2) is 6.29 Å². The zero-order chi connectivity index (χ0) is 13.8. The molecule has 1 aliphatic rings. The van der Waals surface area contributed by atoms with Crippen molar-refractivity contribution < 1.29 is 9.47 Å². The van der Waals surface area contributed by atoms with Gasteiger partial charge in [0.25, 0.3) is 0 Å². The smallest absolute Gasteiger partial charge is 0.183 e. The van der Waals surface area contributed by atoms with Gasteiger partial charge in [-0.3, -0.25) is 0 Å². The fourth-order valence-electron chi connectivity index (χ4n) is 2.68. The van der Waals surface area contributed by atoms with Crippen LogP contribution in [-0.4, -0.2) is 24.5 Å². The lowest BCUT2D eigenvalue weighted by atomic mass is 10.2. The summed E-state index contributed by atoms with van der Waals surface area (Å²) in [5, 5.41) is 1.49. The summed E-state index contributed by atoms with van der Waals surface area (Å²) in [6.07, 6.45) is 0.841. The van der Waals surface area contributed by atoms with Crippen LogP contribution in [0.2, 0.25) is 0 Å². The molecule has 1 aromatic carbocycles. The van der Waals surface area contributed by atoms with Crippen LogP contribution in [-0.2, 0) is 9.47 Å². The van der Waals surface area contributed by atoms with E-state index < -0.39 is 0 Å². The minimum Gasteiger partial charge on any atom is -0.348 e. The molecule has 2 nitrogen and oxygen atoms in total. The van der Waals surface area contributed by atoms with Crippen molar-refractivity contribution in [2.45, 2.75) is 51.7 Å². The predicted octanol–water partition coefficient (Wildman–Crippen LogP) is 4.05. The first kappa shape index (κ1) is 15.0. The summed E-state index contributed by atoms with van der Waals surface area (Å²) in [6.45, 7) is 10.9. The molecule has 0 atom stereocenters. The van der Waals surface area contributed by atoms with E-state index in [1.165, 1.54) is 5.30 Å². The van der Waals surface area contributed by atoms with Crippen molar-refractivity contribution in [3.05, 3.63) is 29.8 Å². The Morgan fingerprint density at radius 1 is 0.947 bits per heavy atom. The zero-order valence-corrected chi connectivity index (χ0v) is 13.3. The van der Waals surface area contributed by atoms with Crippen molar-refractivity contribution in [3.8, 4) is 0 Å². The average Bonchev–Trinajstić information content (AvgIpc) is 2.40. The minimum absolute atomic E-state index is 0.0852. The molecule has 19 heavy (non-hydrogen) atoms. The summed E-state index contributed by atoms with van der Waals surface area (Å²) in [5.41, 5.74) is 2.59. The highest BCUT2D eigenvalue weighted by molar-refractivity contribution is 7.66. The molecule has 1 aliphatic heterocycles. The molecule has 1 heterocycles. The molecular weight excluding hydrogens is 255 g/mol. The lowest BCUT2D eigenvalue weighted by Crippen LogP contribution is -2.19. The molecule has 0 amide bonds. The van der Waals surface area contributed by atoms with Gasteiger partial charge >= 0.3 is 0 Å². The first-order valence-electron chi connectivity index (χ1n) is 7.21. The summed E-state index contributed by atoms with van der Waals surface area (Å²) in [6, 6.07) is 8.88. The van der Waals surface area contributed by atoms with Crippen LogP contribution in [0, 0.1) is 0 Å². The highest BCUT2D eigenvalue weighted by atomic mass is 31.1. The van der Waals surface area contributed by atoms with E-state index in [0.717, 1.165) is 36.5 Å². The van der Waals surface area contributed by atoms with Gasteiger partial charge in [-0.25, -0.2) is 0 Å². The maximum atomic E-state index is 5.64. The van der Waals surface area contributed by atoms with Crippen molar-refractivity contribution in [2.24, 2.45) is 0 Å². The van der Waals surface area contributed by atoms with Gasteiger partial charge < -0.3 is 9.47 Å². The molecule has 1 aromatic rings. The SMILES string of the molecule is CC(C)P(c1ccc(C2OCCCO2)cc1)C(C)C. The van der Waals surface area contributed by atoms with Gasteiger partial charge in [-0.15, -0.1) is 0 Å². The largest absolute Gasteiger partial charge is 0.348 e. The molecule has 106 valence electrons. The summed E-state index contributed by atoms with van der Waals surface area (Å²) < 4.78 is 11.3. The summed E-state index contributed by atoms with van der Waals surface area (Å²) in [4.78, 5) is 0. The molecule has 3 heteroatoms. The van der Waals surface area contributed by atoms with Crippen molar-refractivity contribution in [2.75, 3.05) is 13.2 Å². The van der Waals surface area contributed by atoms with Crippen LogP contribution in [0.3, 0.4) is 0 Å². The van der Waals surface area contributed by atoms with Crippen LogP contribution in [0.25, 0.3) is 0 Å². The van der Waals surface area contributed by atoms with Crippen LogP contribution in [0.5, 0.6) is 0 Å². The Labute approximate surface area is 118 Å². The highest BCUT2D eigenvalue weighted by Gasteiger charge is 2.20. The van der Waals surface area contributed by atoms with E-state index in [0.29, 0.717) is 0 Å². The first-order chi connectivity index (χ1) is 9.09. The Hall–Kier alpha value is -0.430. The molecule has 0 bridgehead atoms. The predicted molar refractivity (Wildman–Crippen MR) is 82.5 cm³/mol. The maximum absolute atomic E-state index is 5.64. The fourth-order valence-corrected chi connectivity index (χ4v) is 5.55. The summed E-state index contributed by atoms with van der Waals surface area (Å²) in [7, 11) is -0.0852. The molecule has 2 rings (SSSR count). The second kappa shape index (κ2) is 6.83. The third-order valence-electron chi connectivity index (χ3n) is 3.40. The Balaban J connectivity index is 2.12. The third kappa shape index (κ3) is 3.78. The van der Waals surface area contributed by atoms with E-state index in [1.807, 2.05) is 0 Å². The van der Waals surface area contributed by atoms with Crippen molar-refractivity contribution in [1.29, 1.82) is 0 Å². The van der Waals surface area contributed by atoms with Crippen molar-refractivity contribution in [3.63, 3.8) is 0 Å². The molecular formula is C16H25O2P. The Morgan fingerprint density at radius 2 is 1.47 bits per heavy atom. The Kier molecular flexibility index (Phi) is 5.38. The zero-order valence-electron chi connectivity index (χ0n) is 12.4. The second-order valence-electron chi connectivity index (χ2n) is 5.61. The quantitative estimate of drug-likeness (QED) is 0.775. The van der Waals surface area contributed by atoms with Gasteiger partial charge in [0.1, 0.15) is 0 Å². The minimum atomic E-state index is -0.160. The van der Waals surface area contributed by atoms with Crippen LogP contribution in [0.1, 0.15) is 46.0 Å². The topological polar surface area (TPSA) is 18.5 Å². The Bertz CT molecular complexity index is 372. The molecule has 0 unspecified atom stereocenters. The molecule has 1 saturated heterocycles. The molecule has 0 spiro atoms. The van der Waals surface area contributed by atoms with Crippen molar-refractivity contribution >= 4 is 13.2 Å². The molecule has 0 saturated carbocycles. The average molecular weight is 280 g/mol. The second-order valence-corrected chi connectivity index (χ2v) is 9.01. The molecule has 0 N–H and O–H groups in total. The van der Waals surface area contributed by atoms with Gasteiger partial charge in [0.05, 0.1) is 13.2 Å². The van der Waals surface area contributed by atoms with Crippen molar-refractivity contribution in [1.82, 2.24) is 0 Å². The van der Waals surface area contributed by atoms with Gasteiger partial charge in [-0.05, 0) is 23.0 Å². The van der Waals surface area contributed by atoms with E-state index in [-0.39, 0.29) is 14.2 Å². The summed E-state index contributed by atoms with van der Waals surface area (Å²) >= 11 is 0. The van der Waals surface area contributed by atoms with Crippen LogP contribution >= 0.6 is 7.92 Å². The standard InChI is InChI=1S/C16H25O2P/c1-12(2)19(13(3)4)15-8-6-14(7-9-15)16-17-10-5-11-18-16/h6-9,12-13,16H,5,10-11H2,1-4H3. The number of ether oxygens (including phenoxy) is 2. The van der Waals surface area contributed by atoms with Crippen LogP contribution in [0.15, 0.2) is 24.3 Å².